The Hall–Kier alpha value is -2.11. The first-order chi connectivity index (χ1) is 8.75. The molecule has 3 N–H and O–H groups in total. The fourth-order valence-electron chi connectivity index (χ4n) is 1.89. The first-order valence-electron chi connectivity index (χ1n) is 6.08. The van der Waals surface area contributed by atoms with E-state index in [1.165, 1.54) is 6.42 Å². The summed E-state index contributed by atoms with van der Waals surface area (Å²) >= 11 is 0. The summed E-state index contributed by atoms with van der Waals surface area (Å²) < 4.78 is 0. The molecule has 6 heteroatoms. The summed E-state index contributed by atoms with van der Waals surface area (Å²) in [6, 6.07) is 4.84. The molecule has 1 aromatic rings. The predicted octanol–water partition coefficient (Wildman–Crippen LogP) is 1.62. The fraction of sp³-hybridized carbons (Fsp3) is 0.417. The van der Waals surface area contributed by atoms with Gasteiger partial charge in [-0.3, -0.25) is 16.0 Å². The number of urea groups is 1. The van der Waals surface area contributed by atoms with Crippen molar-refractivity contribution in [1.29, 1.82) is 5.41 Å². The molecule has 1 aromatic heterocycles. The van der Waals surface area contributed by atoms with Crippen molar-refractivity contribution in [3.8, 4) is 0 Å². The summed E-state index contributed by atoms with van der Waals surface area (Å²) in [7, 11) is 0. The minimum Gasteiger partial charge on any atom is -0.343 e. The summed E-state index contributed by atoms with van der Waals surface area (Å²) in [5.41, 5.74) is 0. The number of hydrogen-bond donors (Lipinski definition) is 3. The van der Waals surface area contributed by atoms with Crippen LogP contribution in [0.25, 0.3) is 0 Å². The number of likely N-dealkylation sites (tertiary alicyclic amines) is 1. The SMILES string of the molecule is N=C(NC(=O)Nc1ccccn1)N1CCCCC1. The molecule has 0 bridgehead atoms. The number of aromatic nitrogens is 1. The Balaban J connectivity index is 1.82. The highest BCUT2D eigenvalue weighted by Gasteiger charge is 2.15. The summed E-state index contributed by atoms with van der Waals surface area (Å²) in [5, 5.41) is 12.9. The number of hydrogen-bond acceptors (Lipinski definition) is 3. The lowest BCUT2D eigenvalue weighted by Crippen LogP contribution is -2.47. The zero-order valence-electron chi connectivity index (χ0n) is 10.1. The summed E-state index contributed by atoms with van der Waals surface area (Å²) in [6.07, 6.45) is 4.95. The standard InChI is InChI=1S/C12H17N5O/c13-11(17-8-4-1-5-9-17)16-12(18)15-10-6-2-3-7-14-10/h2-3,6-7H,1,4-5,8-9H2,(H3,13,14,15,16,18). The van der Waals surface area contributed by atoms with E-state index in [-0.39, 0.29) is 5.96 Å². The van der Waals surface area contributed by atoms with Crippen molar-refractivity contribution in [2.45, 2.75) is 19.3 Å². The van der Waals surface area contributed by atoms with Crippen LogP contribution < -0.4 is 10.6 Å². The van der Waals surface area contributed by atoms with E-state index in [9.17, 15) is 4.79 Å². The molecule has 0 saturated carbocycles. The highest BCUT2D eigenvalue weighted by molar-refractivity contribution is 6.00. The van der Waals surface area contributed by atoms with Crippen molar-refractivity contribution in [2.24, 2.45) is 0 Å². The predicted molar refractivity (Wildman–Crippen MR) is 69.5 cm³/mol. The van der Waals surface area contributed by atoms with Crippen LogP contribution in [0.2, 0.25) is 0 Å². The largest absolute Gasteiger partial charge is 0.343 e. The lowest BCUT2D eigenvalue weighted by atomic mass is 10.1. The average molecular weight is 247 g/mol. The Labute approximate surface area is 106 Å². The van der Waals surface area contributed by atoms with E-state index in [0.717, 1.165) is 25.9 Å². The molecule has 96 valence electrons. The van der Waals surface area contributed by atoms with Crippen LogP contribution >= 0.6 is 0 Å². The number of nitrogens with one attached hydrogen (secondary N) is 3. The Morgan fingerprint density at radius 3 is 2.72 bits per heavy atom. The minimum atomic E-state index is -0.427. The normalized spacial score (nSPS) is 15.0. The van der Waals surface area contributed by atoms with Crippen molar-refractivity contribution in [3.63, 3.8) is 0 Å². The number of piperidine rings is 1. The molecule has 6 nitrogen and oxygen atoms in total. The van der Waals surface area contributed by atoms with Gasteiger partial charge in [0.1, 0.15) is 5.82 Å². The van der Waals surface area contributed by atoms with Gasteiger partial charge in [-0.1, -0.05) is 6.07 Å². The van der Waals surface area contributed by atoms with Gasteiger partial charge in [-0.2, -0.15) is 0 Å². The highest BCUT2D eigenvalue weighted by atomic mass is 16.2. The molecular formula is C12H17N5O. The van der Waals surface area contributed by atoms with Gasteiger partial charge in [0, 0.05) is 19.3 Å². The topological polar surface area (TPSA) is 81.1 Å². The molecule has 0 radical (unpaired) electrons. The van der Waals surface area contributed by atoms with Crippen molar-refractivity contribution in [2.75, 3.05) is 18.4 Å². The second-order valence-corrected chi connectivity index (χ2v) is 4.19. The van der Waals surface area contributed by atoms with Gasteiger partial charge in [0.2, 0.25) is 0 Å². The molecule has 1 aliphatic rings. The van der Waals surface area contributed by atoms with Crippen molar-refractivity contribution >= 4 is 17.8 Å². The molecule has 0 unspecified atom stereocenters. The fourth-order valence-corrected chi connectivity index (χ4v) is 1.89. The Bertz CT molecular complexity index is 414. The van der Waals surface area contributed by atoms with E-state index >= 15 is 0 Å². The molecule has 2 amide bonds. The first-order valence-corrected chi connectivity index (χ1v) is 6.08. The molecule has 2 heterocycles. The lowest BCUT2D eigenvalue weighted by molar-refractivity contribution is 0.253. The third-order valence-corrected chi connectivity index (χ3v) is 2.81. The molecule has 0 atom stereocenters. The molecule has 1 saturated heterocycles. The summed E-state index contributed by atoms with van der Waals surface area (Å²) in [5.74, 6) is 0.629. The molecule has 1 aliphatic heterocycles. The first kappa shape index (κ1) is 12.3. The van der Waals surface area contributed by atoms with Gasteiger partial charge in [0.25, 0.3) is 0 Å². The zero-order valence-corrected chi connectivity index (χ0v) is 10.1. The van der Waals surface area contributed by atoms with E-state index in [1.807, 2.05) is 4.90 Å². The maximum atomic E-state index is 11.6. The number of carbonyl (C=O) groups is 1. The van der Waals surface area contributed by atoms with Crippen molar-refractivity contribution in [3.05, 3.63) is 24.4 Å². The lowest BCUT2D eigenvalue weighted by Gasteiger charge is -2.28. The van der Waals surface area contributed by atoms with Gasteiger partial charge in [0.05, 0.1) is 0 Å². The van der Waals surface area contributed by atoms with Crippen LogP contribution in [0.15, 0.2) is 24.4 Å². The van der Waals surface area contributed by atoms with Crippen LogP contribution in [-0.2, 0) is 0 Å². The number of guanidine groups is 1. The van der Waals surface area contributed by atoms with Crippen LogP contribution in [0, 0.1) is 5.41 Å². The zero-order chi connectivity index (χ0) is 12.8. The van der Waals surface area contributed by atoms with Crippen LogP contribution in [0.5, 0.6) is 0 Å². The van der Waals surface area contributed by atoms with Crippen LogP contribution in [0.3, 0.4) is 0 Å². The number of anilines is 1. The van der Waals surface area contributed by atoms with Gasteiger partial charge in [-0.15, -0.1) is 0 Å². The van der Waals surface area contributed by atoms with E-state index in [2.05, 4.69) is 15.6 Å². The third-order valence-electron chi connectivity index (χ3n) is 2.81. The molecule has 1 fully saturated rings. The number of rotatable bonds is 1. The summed E-state index contributed by atoms with van der Waals surface area (Å²) in [4.78, 5) is 17.5. The Morgan fingerprint density at radius 2 is 2.06 bits per heavy atom. The number of pyridine rings is 1. The maximum absolute atomic E-state index is 11.6. The molecule has 0 spiro atoms. The minimum absolute atomic E-state index is 0.156. The molecule has 2 rings (SSSR count). The quantitative estimate of drug-likeness (QED) is 0.521. The third kappa shape index (κ3) is 3.44. The molecule has 18 heavy (non-hydrogen) atoms. The van der Waals surface area contributed by atoms with Crippen LogP contribution in [-0.4, -0.2) is 35.0 Å². The highest BCUT2D eigenvalue weighted by Crippen LogP contribution is 2.08. The Kier molecular flexibility index (Phi) is 4.11. The monoisotopic (exact) mass is 247 g/mol. The molecule has 0 aromatic carbocycles. The van der Waals surface area contributed by atoms with Crippen molar-refractivity contribution in [1.82, 2.24) is 15.2 Å². The van der Waals surface area contributed by atoms with Gasteiger partial charge >= 0.3 is 6.03 Å². The van der Waals surface area contributed by atoms with Gasteiger partial charge in [0.15, 0.2) is 5.96 Å². The average Bonchev–Trinajstić information content (AvgIpc) is 2.40. The number of amides is 2. The van der Waals surface area contributed by atoms with Crippen LogP contribution in [0.4, 0.5) is 10.6 Å². The van der Waals surface area contributed by atoms with Crippen molar-refractivity contribution < 1.29 is 4.79 Å². The van der Waals surface area contributed by atoms with Crippen LogP contribution in [0.1, 0.15) is 19.3 Å². The van der Waals surface area contributed by atoms with Gasteiger partial charge in [-0.05, 0) is 31.4 Å². The second kappa shape index (κ2) is 6.00. The van der Waals surface area contributed by atoms with E-state index in [1.54, 1.807) is 24.4 Å². The molecule has 0 aliphatic carbocycles. The van der Waals surface area contributed by atoms with E-state index in [4.69, 9.17) is 5.41 Å². The maximum Gasteiger partial charge on any atom is 0.327 e. The van der Waals surface area contributed by atoms with E-state index < -0.39 is 6.03 Å². The number of carbonyl (C=O) groups excluding carboxylic acids is 1. The van der Waals surface area contributed by atoms with Gasteiger partial charge < -0.3 is 4.90 Å². The Morgan fingerprint density at radius 1 is 1.28 bits per heavy atom. The van der Waals surface area contributed by atoms with Gasteiger partial charge in [-0.25, -0.2) is 9.78 Å². The molecular weight excluding hydrogens is 230 g/mol. The van der Waals surface area contributed by atoms with E-state index in [0.29, 0.717) is 5.82 Å². The summed E-state index contributed by atoms with van der Waals surface area (Å²) in [6.45, 7) is 1.67. The number of nitrogens with zero attached hydrogens (tertiary/aromatic N) is 2. The second-order valence-electron chi connectivity index (χ2n) is 4.19. The smallest absolute Gasteiger partial charge is 0.327 e.